The van der Waals surface area contributed by atoms with Gasteiger partial charge in [0.15, 0.2) is 11.6 Å². The Bertz CT molecular complexity index is 1570. The summed E-state index contributed by atoms with van der Waals surface area (Å²) in [5, 5.41) is 0.555. The number of rotatable bonds is 9. The summed E-state index contributed by atoms with van der Waals surface area (Å²) in [5.74, 6) is -4.35. The summed E-state index contributed by atoms with van der Waals surface area (Å²) in [7, 11) is -3.53. The SMILES string of the molecule is COCN(c1ccc(F)cn1)S(=O)(=O)c1cc(F)c(OC[C@H]2CN(C(=O)OC(C)(C)C)CC[C@@H]2c2ccc(Cl)cc2)cc1F. The predicted octanol–water partition coefficient (Wildman–Crippen LogP) is 6.37. The number of anilines is 1. The van der Waals surface area contributed by atoms with Gasteiger partial charge in [0.2, 0.25) is 0 Å². The van der Waals surface area contributed by atoms with Crippen molar-refractivity contribution >= 4 is 33.5 Å². The lowest BCUT2D eigenvalue weighted by Gasteiger charge is -2.39. The molecule has 0 spiro atoms. The first-order chi connectivity index (χ1) is 20.7. The van der Waals surface area contributed by atoms with Gasteiger partial charge < -0.3 is 19.1 Å². The third kappa shape index (κ3) is 7.93. The van der Waals surface area contributed by atoms with Crippen molar-refractivity contribution in [3.05, 3.63) is 82.8 Å². The molecule has 44 heavy (non-hydrogen) atoms. The number of carbonyl (C=O) groups is 1. The minimum atomic E-state index is -4.73. The van der Waals surface area contributed by atoms with Crippen LogP contribution in [-0.4, -0.2) is 63.5 Å². The van der Waals surface area contributed by atoms with Gasteiger partial charge in [-0.3, -0.25) is 0 Å². The molecule has 4 rings (SSSR count). The van der Waals surface area contributed by atoms with Gasteiger partial charge in [-0.15, -0.1) is 0 Å². The van der Waals surface area contributed by atoms with Crippen LogP contribution in [-0.2, 0) is 19.5 Å². The maximum absolute atomic E-state index is 15.3. The summed E-state index contributed by atoms with van der Waals surface area (Å²) in [4.78, 5) is 17.1. The Morgan fingerprint density at radius 2 is 1.80 bits per heavy atom. The molecule has 1 saturated heterocycles. The van der Waals surface area contributed by atoms with Crippen LogP contribution in [0, 0.1) is 23.4 Å². The van der Waals surface area contributed by atoms with E-state index in [1.54, 1.807) is 37.8 Å². The molecular weight excluding hydrogens is 623 g/mol. The predicted molar refractivity (Wildman–Crippen MR) is 158 cm³/mol. The van der Waals surface area contributed by atoms with E-state index in [1.165, 1.54) is 7.11 Å². The average molecular weight is 656 g/mol. The van der Waals surface area contributed by atoms with E-state index in [1.807, 2.05) is 12.1 Å². The zero-order chi connectivity index (χ0) is 32.2. The third-order valence-corrected chi connectivity index (χ3v) is 8.90. The molecular formula is C30H33ClF3N3O6S. The molecule has 2 aromatic carbocycles. The van der Waals surface area contributed by atoms with Crippen LogP contribution in [0.1, 0.15) is 38.7 Å². The molecule has 1 amide bonds. The number of methoxy groups -OCH3 is 1. The van der Waals surface area contributed by atoms with Gasteiger partial charge in [0.05, 0.1) is 12.8 Å². The topological polar surface area (TPSA) is 98.3 Å². The van der Waals surface area contributed by atoms with Gasteiger partial charge in [-0.25, -0.2) is 35.7 Å². The Balaban J connectivity index is 1.58. The molecule has 1 aromatic heterocycles. The van der Waals surface area contributed by atoms with Gasteiger partial charge >= 0.3 is 6.09 Å². The molecule has 0 bridgehead atoms. The molecule has 0 N–H and O–H groups in total. The van der Waals surface area contributed by atoms with Crippen LogP contribution in [0.3, 0.4) is 0 Å². The highest BCUT2D eigenvalue weighted by molar-refractivity contribution is 7.92. The molecule has 0 aliphatic carbocycles. The molecule has 3 aromatic rings. The number of piperidine rings is 1. The number of aromatic nitrogens is 1. The second-order valence-corrected chi connectivity index (χ2v) is 13.5. The monoisotopic (exact) mass is 655 g/mol. The third-order valence-electron chi connectivity index (χ3n) is 6.90. The van der Waals surface area contributed by atoms with E-state index in [-0.39, 0.29) is 30.8 Å². The quantitative estimate of drug-likeness (QED) is 0.247. The number of benzene rings is 2. The van der Waals surface area contributed by atoms with Gasteiger partial charge in [0, 0.05) is 43.3 Å². The average Bonchev–Trinajstić information content (AvgIpc) is 2.96. The number of hydrogen-bond donors (Lipinski definition) is 0. The van der Waals surface area contributed by atoms with E-state index in [9.17, 15) is 17.6 Å². The molecule has 9 nitrogen and oxygen atoms in total. The highest BCUT2D eigenvalue weighted by atomic mass is 35.5. The summed E-state index contributed by atoms with van der Waals surface area (Å²) in [6, 6.07) is 10.4. The highest BCUT2D eigenvalue weighted by Crippen LogP contribution is 2.36. The molecule has 238 valence electrons. The van der Waals surface area contributed by atoms with Crippen LogP contribution < -0.4 is 9.04 Å². The van der Waals surface area contributed by atoms with E-state index in [2.05, 4.69) is 4.98 Å². The number of ether oxygens (including phenoxy) is 3. The minimum absolute atomic E-state index is 0.107. The maximum Gasteiger partial charge on any atom is 0.410 e. The van der Waals surface area contributed by atoms with E-state index >= 15 is 8.78 Å². The van der Waals surface area contributed by atoms with E-state index in [0.717, 1.165) is 23.9 Å². The number of nitrogens with zero attached hydrogens (tertiary/aromatic N) is 3. The molecule has 0 unspecified atom stereocenters. The van der Waals surface area contributed by atoms with Gasteiger partial charge in [0.25, 0.3) is 10.0 Å². The number of hydrogen-bond acceptors (Lipinski definition) is 7. The second kappa shape index (κ2) is 13.6. The lowest BCUT2D eigenvalue weighted by atomic mass is 9.81. The van der Waals surface area contributed by atoms with Crippen molar-refractivity contribution in [2.24, 2.45) is 5.92 Å². The first-order valence-corrected chi connectivity index (χ1v) is 15.5. The van der Waals surface area contributed by atoms with Crippen molar-refractivity contribution in [1.82, 2.24) is 9.88 Å². The summed E-state index contributed by atoms with van der Waals surface area (Å²) in [6.07, 6.45) is 0.837. The van der Waals surface area contributed by atoms with Crippen LogP contribution >= 0.6 is 11.6 Å². The Labute approximate surface area is 259 Å². The smallest absolute Gasteiger partial charge is 0.410 e. The molecule has 1 aliphatic rings. The molecule has 2 atom stereocenters. The first kappa shape index (κ1) is 33.3. The molecule has 0 saturated carbocycles. The number of carbonyl (C=O) groups excluding carboxylic acids is 1. The number of amides is 1. The molecule has 0 radical (unpaired) electrons. The molecule has 1 fully saturated rings. The standard InChI is InChI=1S/C30H33ClF3N3O6S/c1-30(2,3)43-29(38)36-12-11-23(19-5-7-21(31)8-6-19)20(16-36)17-42-26-13-25(34)27(14-24(26)33)44(39,40)37(18-41-4)28-10-9-22(32)15-35-28/h5-10,13-15,20,23H,11-12,16-18H2,1-4H3/t20-,23-/m1/s1. The fourth-order valence-electron chi connectivity index (χ4n) is 4.87. The van der Waals surface area contributed by atoms with Crippen LogP contribution in [0.4, 0.5) is 23.8 Å². The van der Waals surface area contributed by atoms with Crippen molar-refractivity contribution < 1.29 is 40.6 Å². The van der Waals surface area contributed by atoms with E-state index in [0.29, 0.717) is 34.4 Å². The van der Waals surface area contributed by atoms with Crippen LogP contribution in [0.2, 0.25) is 5.02 Å². The van der Waals surface area contributed by atoms with Gasteiger partial charge in [-0.2, -0.15) is 0 Å². The fourth-order valence-corrected chi connectivity index (χ4v) is 6.39. The maximum atomic E-state index is 15.3. The zero-order valence-electron chi connectivity index (χ0n) is 24.6. The molecule has 14 heteroatoms. The van der Waals surface area contributed by atoms with Crippen molar-refractivity contribution in [3.8, 4) is 5.75 Å². The largest absolute Gasteiger partial charge is 0.490 e. The number of likely N-dealkylation sites (tertiary alicyclic amines) is 1. The lowest BCUT2D eigenvalue weighted by Crippen LogP contribution is -2.46. The van der Waals surface area contributed by atoms with Crippen LogP contribution in [0.5, 0.6) is 5.75 Å². The fraction of sp³-hybridized carbons (Fsp3) is 0.400. The van der Waals surface area contributed by atoms with E-state index < -0.39 is 56.5 Å². The Hall–Kier alpha value is -3.55. The summed E-state index contributed by atoms with van der Waals surface area (Å²) in [5.41, 5.74) is 0.234. The van der Waals surface area contributed by atoms with Crippen LogP contribution in [0.25, 0.3) is 0 Å². The van der Waals surface area contributed by atoms with Gasteiger partial charge in [-0.1, -0.05) is 23.7 Å². The van der Waals surface area contributed by atoms with Crippen LogP contribution in [0.15, 0.2) is 59.6 Å². The van der Waals surface area contributed by atoms with Crippen molar-refractivity contribution in [2.75, 3.05) is 37.8 Å². The summed E-state index contributed by atoms with van der Waals surface area (Å²) < 4.78 is 87.4. The molecule has 1 aliphatic heterocycles. The normalized spacial score (nSPS) is 17.3. The van der Waals surface area contributed by atoms with Crippen molar-refractivity contribution in [3.63, 3.8) is 0 Å². The summed E-state index contributed by atoms with van der Waals surface area (Å²) in [6.45, 7) is 5.20. The Morgan fingerprint density at radius 1 is 1.09 bits per heavy atom. The van der Waals surface area contributed by atoms with Gasteiger partial charge in [0.1, 0.15) is 34.7 Å². The minimum Gasteiger partial charge on any atom is -0.490 e. The van der Waals surface area contributed by atoms with E-state index in [4.69, 9.17) is 25.8 Å². The Morgan fingerprint density at radius 3 is 2.41 bits per heavy atom. The van der Waals surface area contributed by atoms with Crippen molar-refractivity contribution in [1.29, 1.82) is 0 Å². The molecule has 2 heterocycles. The van der Waals surface area contributed by atoms with Crippen molar-refractivity contribution in [2.45, 2.75) is 43.6 Å². The second-order valence-electron chi connectivity index (χ2n) is 11.3. The number of pyridine rings is 1. The zero-order valence-corrected chi connectivity index (χ0v) is 26.2. The number of sulfonamides is 1. The summed E-state index contributed by atoms with van der Waals surface area (Å²) >= 11 is 6.07. The Kier molecular flexibility index (Phi) is 10.3. The lowest BCUT2D eigenvalue weighted by molar-refractivity contribution is 0.0110. The number of halogens is 4. The van der Waals surface area contributed by atoms with Gasteiger partial charge in [-0.05, 0) is 62.9 Å². The first-order valence-electron chi connectivity index (χ1n) is 13.7. The highest BCUT2D eigenvalue weighted by Gasteiger charge is 2.36.